The lowest BCUT2D eigenvalue weighted by Gasteiger charge is -2.25. The van der Waals surface area contributed by atoms with Gasteiger partial charge in [0.05, 0.1) is 18.0 Å². The van der Waals surface area contributed by atoms with Gasteiger partial charge in [0.2, 0.25) is 0 Å². The van der Waals surface area contributed by atoms with Crippen LogP contribution in [0.3, 0.4) is 0 Å². The minimum absolute atomic E-state index is 0.0140. The molecule has 0 aromatic carbocycles. The molecule has 3 nitrogen and oxygen atoms in total. The van der Waals surface area contributed by atoms with E-state index in [0.717, 1.165) is 37.3 Å². The molecule has 1 N–H and O–H groups in total. The molecule has 0 atom stereocenters. The minimum Gasteiger partial charge on any atom is -0.390 e. The second kappa shape index (κ2) is 6.40. The topological polar surface area (TPSA) is 36.4 Å². The molecule has 1 aromatic rings. The fourth-order valence-corrected chi connectivity index (χ4v) is 1.73. The molecular weight excluding hydrogens is 188 g/mol. The van der Waals surface area contributed by atoms with Crippen LogP contribution in [0.15, 0.2) is 18.3 Å². The Balaban J connectivity index is 2.88. The van der Waals surface area contributed by atoms with E-state index < -0.39 is 0 Å². The van der Waals surface area contributed by atoms with Crippen molar-refractivity contribution in [3.63, 3.8) is 0 Å². The highest BCUT2D eigenvalue weighted by Crippen LogP contribution is 2.18. The molecule has 0 fully saturated rings. The van der Waals surface area contributed by atoms with Gasteiger partial charge in [-0.05, 0) is 25.0 Å². The predicted molar refractivity (Wildman–Crippen MR) is 63.0 cm³/mol. The number of rotatable bonds is 6. The molecule has 84 valence electrons. The normalized spacial score (nSPS) is 10.3. The van der Waals surface area contributed by atoms with Gasteiger partial charge in [-0.3, -0.25) is 4.98 Å². The zero-order valence-corrected chi connectivity index (χ0v) is 9.61. The summed E-state index contributed by atoms with van der Waals surface area (Å²) in [5.74, 6) is 0. The minimum atomic E-state index is 0.0140. The summed E-state index contributed by atoms with van der Waals surface area (Å²) in [4.78, 5) is 6.48. The van der Waals surface area contributed by atoms with Gasteiger partial charge in [0.25, 0.3) is 0 Å². The van der Waals surface area contributed by atoms with Crippen LogP contribution in [-0.4, -0.2) is 23.2 Å². The molecule has 3 heteroatoms. The summed E-state index contributed by atoms with van der Waals surface area (Å²) in [6, 6.07) is 3.96. The number of pyridine rings is 1. The van der Waals surface area contributed by atoms with Crippen molar-refractivity contribution in [2.75, 3.05) is 18.0 Å². The van der Waals surface area contributed by atoms with Gasteiger partial charge in [0.15, 0.2) is 0 Å². The smallest absolute Gasteiger partial charge is 0.0890 e. The summed E-state index contributed by atoms with van der Waals surface area (Å²) in [5, 5.41) is 9.21. The van der Waals surface area contributed by atoms with Crippen LogP contribution in [0.5, 0.6) is 0 Å². The number of aliphatic hydroxyl groups excluding tert-OH is 1. The zero-order chi connectivity index (χ0) is 11.1. The van der Waals surface area contributed by atoms with Crippen LogP contribution < -0.4 is 4.90 Å². The number of hydrogen-bond acceptors (Lipinski definition) is 3. The van der Waals surface area contributed by atoms with E-state index in [1.807, 2.05) is 12.1 Å². The molecule has 0 bridgehead atoms. The summed E-state index contributed by atoms with van der Waals surface area (Å²) in [7, 11) is 0. The lowest BCUT2D eigenvalue weighted by molar-refractivity contribution is 0.277. The van der Waals surface area contributed by atoms with Crippen molar-refractivity contribution in [2.45, 2.75) is 33.3 Å². The van der Waals surface area contributed by atoms with E-state index in [-0.39, 0.29) is 6.61 Å². The lowest BCUT2D eigenvalue weighted by atomic mass is 10.2. The zero-order valence-electron chi connectivity index (χ0n) is 9.61. The Bertz CT molecular complexity index is 283. The maximum atomic E-state index is 9.21. The van der Waals surface area contributed by atoms with E-state index in [1.165, 1.54) is 0 Å². The van der Waals surface area contributed by atoms with E-state index in [1.54, 1.807) is 6.20 Å². The molecule has 15 heavy (non-hydrogen) atoms. The molecule has 0 aliphatic heterocycles. The molecular formula is C12H20N2O. The Hall–Kier alpha value is -1.09. The third-order valence-corrected chi connectivity index (χ3v) is 2.34. The summed E-state index contributed by atoms with van der Waals surface area (Å²) >= 11 is 0. The van der Waals surface area contributed by atoms with Crippen molar-refractivity contribution < 1.29 is 5.11 Å². The van der Waals surface area contributed by atoms with E-state index in [0.29, 0.717) is 0 Å². The Morgan fingerprint density at radius 2 is 1.93 bits per heavy atom. The second-order valence-corrected chi connectivity index (χ2v) is 3.61. The Labute approximate surface area is 91.8 Å². The van der Waals surface area contributed by atoms with Gasteiger partial charge >= 0.3 is 0 Å². The van der Waals surface area contributed by atoms with Crippen LogP contribution in [-0.2, 0) is 6.61 Å². The molecule has 0 saturated heterocycles. The average molecular weight is 208 g/mol. The number of aromatic nitrogens is 1. The molecule has 0 aliphatic rings. The van der Waals surface area contributed by atoms with E-state index >= 15 is 0 Å². The van der Waals surface area contributed by atoms with Crippen molar-refractivity contribution in [2.24, 2.45) is 0 Å². The Morgan fingerprint density at radius 1 is 1.27 bits per heavy atom. The first-order valence-corrected chi connectivity index (χ1v) is 5.63. The van der Waals surface area contributed by atoms with Gasteiger partial charge in [-0.25, -0.2) is 0 Å². The second-order valence-electron chi connectivity index (χ2n) is 3.61. The highest BCUT2D eigenvalue weighted by Gasteiger charge is 2.09. The maximum absolute atomic E-state index is 9.21. The van der Waals surface area contributed by atoms with Gasteiger partial charge in [-0.15, -0.1) is 0 Å². The summed E-state index contributed by atoms with van der Waals surface area (Å²) in [6.07, 6.45) is 3.95. The van der Waals surface area contributed by atoms with E-state index in [2.05, 4.69) is 23.7 Å². The number of nitrogens with zero attached hydrogens (tertiary/aromatic N) is 2. The first-order chi connectivity index (χ1) is 7.33. The fraction of sp³-hybridized carbons (Fsp3) is 0.583. The largest absolute Gasteiger partial charge is 0.390 e. The quantitative estimate of drug-likeness (QED) is 0.778. The van der Waals surface area contributed by atoms with Crippen LogP contribution in [0, 0.1) is 0 Å². The van der Waals surface area contributed by atoms with Gasteiger partial charge in [-0.2, -0.15) is 0 Å². The Morgan fingerprint density at radius 3 is 2.47 bits per heavy atom. The third-order valence-electron chi connectivity index (χ3n) is 2.34. The number of aliphatic hydroxyl groups is 1. The predicted octanol–water partition coefficient (Wildman–Crippen LogP) is 2.20. The SMILES string of the molecule is CCCN(CCC)c1cccnc1CO. The number of anilines is 1. The van der Waals surface area contributed by atoms with Crippen LogP contribution in [0.2, 0.25) is 0 Å². The summed E-state index contributed by atoms with van der Waals surface area (Å²) < 4.78 is 0. The molecule has 0 unspecified atom stereocenters. The fourth-order valence-electron chi connectivity index (χ4n) is 1.73. The molecule has 0 amide bonds. The van der Waals surface area contributed by atoms with Crippen LogP contribution >= 0.6 is 0 Å². The van der Waals surface area contributed by atoms with Crippen molar-refractivity contribution in [3.05, 3.63) is 24.0 Å². The first kappa shape index (κ1) is 12.0. The Kier molecular flexibility index (Phi) is 5.12. The highest BCUT2D eigenvalue weighted by molar-refractivity contribution is 5.50. The van der Waals surface area contributed by atoms with Crippen LogP contribution in [0.1, 0.15) is 32.4 Å². The molecule has 1 heterocycles. The molecule has 1 rings (SSSR count). The molecule has 0 spiro atoms. The molecule has 1 aromatic heterocycles. The van der Waals surface area contributed by atoms with Gasteiger partial charge in [0, 0.05) is 19.3 Å². The van der Waals surface area contributed by atoms with Gasteiger partial charge < -0.3 is 10.0 Å². The monoisotopic (exact) mass is 208 g/mol. The third kappa shape index (κ3) is 3.20. The summed E-state index contributed by atoms with van der Waals surface area (Å²) in [5.41, 5.74) is 1.85. The van der Waals surface area contributed by atoms with Crippen molar-refractivity contribution in [1.29, 1.82) is 0 Å². The standard InChI is InChI=1S/C12H20N2O/c1-3-8-14(9-4-2)12-6-5-7-13-11(12)10-15/h5-7,15H,3-4,8-10H2,1-2H3. The van der Waals surface area contributed by atoms with Crippen molar-refractivity contribution in [1.82, 2.24) is 4.98 Å². The molecule has 0 radical (unpaired) electrons. The van der Waals surface area contributed by atoms with Crippen molar-refractivity contribution >= 4 is 5.69 Å². The average Bonchev–Trinajstić information content (AvgIpc) is 2.29. The van der Waals surface area contributed by atoms with E-state index in [9.17, 15) is 5.11 Å². The van der Waals surface area contributed by atoms with Crippen molar-refractivity contribution in [3.8, 4) is 0 Å². The highest BCUT2D eigenvalue weighted by atomic mass is 16.3. The number of hydrogen-bond donors (Lipinski definition) is 1. The lowest BCUT2D eigenvalue weighted by Crippen LogP contribution is -2.26. The molecule has 0 aliphatic carbocycles. The maximum Gasteiger partial charge on any atom is 0.0890 e. The summed E-state index contributed by atoms with van der Waals surface area (Å²) in [6.45, 7) is 6.38. The van der Waals surface area contributed by atoms with Crippen LogP contribution in [0.25, 0.3) is 0 Å². The van der Waals surface area contributed by atoms with Gasteiger partial charge in [-0.1, -0.05) is 13.8 Å². The first-order valence-electron chi connectivity index (χ1n) is 5.63. The molecule has 0 saturated carbocycles. The van der Waals surface area contributed by atoms with E-state index in [4.69, 9.17) is 0 Å². The van der Waals surface area contributed by atoms with Gasteiger partial charge in [0.1, 0.15) is 0 Å². The van der Waals surface area contributed by atoms with Crippen LogP contribution in [0.4, 0.5) is 5.69 Å².